The van der Waals surface area contributed by atoms with Crippen molar-refractivity contribution in [2.24, 2.45) is 0 Å². The lowest BCUT2D eigenvalue weighted by atomic mass is 10.2. The molecule has 3 nitrogen and oxygen atoms in total. The lowest BCUT2D eigenvalue weighted by Crippen LogP contribution is -2.12. The van der Waals surface area contributed by atoms with Gasteiger partial charge in [0.05, 0.1) is 11.3 Å². The lowest BCUT2D eigenvalue weighted by Gasteiger charge is -2.09. The number of ketones is 1. The zero-order valence-corrected chi connectivity index (χ0v) is 10.7. The van der Waals surface area contributed by atoms with Crippen molar-refractivity contribution in [3.63, 3.8) is 0 Å². The van der Waals surface area contributed by atoms with E-state index in [0.717, 1.165) is 11.8 Å². The number of carbonyl (C=O) groups excluding carboxylic acids is 1. The highest BCUT2D eigenvalue weighted by molar-refractivity contribution is 8.00. The highest BCUT2D eigenvalue weighted by Crippen LogP contribution is 2.31. The number of thioether (sulfide) groups is 1. The molecule has 2 aromatic rings. The number of para-hydroxylation sites is 1. The van der Waals surface area contributed by atoms with Gasteiger partial charge in [-0.15, -0.1) is 0 Å². The van der Waals surface area contributed by atoms with Crippen LogP contribution in [0.5, 0.6) is 0 Å². The van der Waals surface area contributed by atoms with Crippen LogP contribution in [0.25, 0.3) is 10.9 Å². The highest BCUT2D eigenvalue weighted by atomic mass is 32.2. The molecule has 0 fully saturated rings. The quantitative estimate of drug-likeness (QED) is 0.641. The standard InChI is InChI=1S/C12H9F3N2OS/c1-7(18)6-19-10-8-4-2-3-5-9(8)16-11(17-10)12(13,14)15/h2-5H,6H2,1H3. The second-order valence-electron chi connectivity index (χ2n) is 3.86. The number of nitrogens with zero attached hydrogens (tertiary/aromatic N) is 2. The number of fused-ring (bicyclic) bond motifs is 1. The first-order chi connectivity index (χ1) is 8.88. The van der Waals surface area contributed by atoms with Crippen LogP contribution in [0.4, 0.5) is 13.2 Å². The van der Waals surface area contributed by atoms with Gasteiger partial charge in [0.15, 0.2) is 0 Å². The van der Waals surface area contributed by atoms with E-state index in [9.17, 15) is 18.0 Å². The zero-order chi connectivity index (χ0) is 14.0. The average molecular weight is 286 g/mol. The van der Waals surface area contributed by atoms with Crippen molar-refractivity contribution in [2.75, 3.05) is 5.75 Å². The van der Waals surface area contributed by atoms with Gasteiger partial charge in [-0.25, -0.2) is 9.97 Å². The summed E-state index contributed by atoms with van der Waals surface area (Å²) < 4.78 is 38.1. The van der Waals surface area contributed by atoms with E-state index < -0.39 is 12.0 Å². The summed E-state index contributed by atoms with van der Waals surface area (Å²) in [4.78, 5) is 18.0. The topological polar surface area (TPSA) is 42.9 Å². The van der Waals surface area contributed by atoms with Gasteiger partial charge >= 0.3 is 6.18 Å². The molecule has 7 heteroatoms. The van der Waals surface area contributed by atoms with E-state index >= 15 is 0 Å². The molecule has 19 heavy (non-hydrogen) atoms. The number of carbonyl (C=O) groups is 1. The maximum absolute atomic E-state index is 12.7. The Morgan fingerprint density at radius 3 is 2.58 bits per heavy atom. The van der Waals surface area contributed by atoms with Gasteiger partial charge in [-0.05, 0) is 13.0 Å². The second kappa shape index (κ2) is 5.16. The van der Waals surface area contributed by atoms with Gasteiger partial charge in [-0.2, -0.15) is 13.2 Å². The maximum Gasteiger partial charge on any atom is 0.451 e. The number of halogens is 3. The van der Waals surface area contributed by atoms with Gasteiger partial charge < -0.3 is 0 Å². The van der Waals surface area contributed by atoms with Crippen LogP contribution >= 0.6 is 11.8 Å². The van der Waals surface area contributed by atoms with E-state index in [1.54, 1.807) is 18.2 Å². The largest absolute Gasteiger partial charge is 0.451 e. The summed E-state index contributed by atoms with van der Waals surface area (Å²) in [5.41, 5.74) is 0.218. The van der Waals surface area contributed by atoms with Crippen LogP contribution < -0.4 is 0 Å². The molecule has 0 saturated heterocycles. The first kappa shape index (κ1) is 13.8. The fourth-order valence-electron chi connectivity index (χ4n) is 1.45. The molecule has 0 atom stereocenters. The summed E-state index contributed by atoms with van der Waals surface area (Å²) in [6.45, 7) is 1.38. The molecule has 0 unspecified atom stereocenters. The van der Waals surface area contributed by atoms with E-state index in [0.29, 0.717) is 5.39 Å². The molecule has 0 spiro atoms. The number of rotatable bonds is 3. The van der Waals surface area contributed by atoms with Crippen LogP contribution in [-0.2, 0) is 11.0 Å². The number of hydrogen-bond donors (Lipinski definition) is 0. The number of benzene rings is 1. The van der Waals surface area contributed by atoms with E-state index in [2.05, 4.69) is 9.97 Å². The molecule has 100 valence electrons. The molecule has 0 N–H and O–H groups in total. The third-order valence-corrected chi connectivity index (χ3v) is 3.37. The van der Waals surface area contributed by atoms with Gasteiger partial charge in [0.1, 0.15) is 10.8 Å². The fraction of sp³-hybridized carbons (Fsp3) is 0.250. The van der Waals surface area contributed by atoms with Crippen molar-refractivity contribution in [1.82, 2.24) is 9.97 Å². The Bertz CT molecular complexity index is 628. The first-order valence-corrected chi connectivity index (χ1v) is 6.32. The maximum atomic E-state index is 12.7. The van der Waals surface area contributed by atoms with Gasteiger partial charge in [-0.3, -0.25) is 4.79 Å². The molecule has 1 heterocycles. The van der Waals surface area contributed by atoms with Crippen molar-refractivity contribution in [3.05, 3.63) is 30.1 Å². The number of aromatic nitrogens is 2. The molecule has 1 aromatic heterocycles. The molecule has 0 aliphatic carbocycles. The van der Waals surface area contributed by atoms with Crippen LogP contribution in [0.3, 0.4) is 0 Å². The average Bonchev–Trinajstić information content (AvgIpc) is 2.34. The normalized spacial score (nSPS) is 11.8. The van der Waals surface area contributed by atoms with E-state index in [1.807, 2.05) is 0 Å². The molecule has 0 radical (unpaired) electrons. The minimum absolute atomic E-state index is 0.0817. The number of alkyl halides is 3. The van der Waals surface area contributed by atoms with Crippen molar-refractivity contribution < 1.29 is 18.0 Å². The van der Waals surface area contributed by atoms with Crippen molar-refractivity contribution in [1.29, 1.82) is 0 Å². The summed E-state index contributed by atoms with van der Waals surface area (Å²) in [5.74, 6) is -1.23. The summed E-state index contributed by atoms with van der Waals surface area (Å²) >= 11 is 0.988. The Kier molecular flexibility index (Phi) is 3.75. The molecule has 0 aliphatic heterocycles. The van der Waals surface area contributed by atoms with Gasteiger partial charge in [0.2, 0.25) is 5.82 Å². The third-order valence-electron chi connectivity index (χ3n) is 2.23. The zero-order valence-electron chi connectivity index (χ0n) is 9.86. The van der Waals surface area contributed by atoms with E-state index in [1.165, 1.54) is 13.0 Å². The third kappa shape index (κ3) is 3.23. The number of Topliss-reactive ketones (excluding diaryl/α,β-unsaturated/α-hetero) is 1. The molecule has 0 bridgehead atoms. The predicted molar refractivity (Wildman–Crippen MR) is 65.9 cm³/mol. The van der Waals surface area contributed by atoms with E-state index in [4.69, 9.17) is 0 Å². The SMILES string of the molecule is CC(=O)CSc1nc(C(F)(F)F)nc2ccccc12. The molecular weight excluding hydrogens is 277 g/mol. The number of hydrogen-bond acceptors (Lipinski definition) is 4. The van der Waals surface area contributed by atoms with E-state index in [-0.39, 0.29) is 22.1 Å². The summed E-state index contributed by atoms with van der Waals surface area (Å²) in [6, 6.07) is 6.42. The minimum atomic E-state index is -4.60. The smallest absolute Gasteiger partial charge is 0.299 e. The van der Waals surface area contributed by atoms with Crippen LogP contribution in [-0.4, -0.2) is 21.5 Å². The van der Waals surface area contributed by atoms with Crippen LogP contribution in [0.2, 0.25) is 0 Å². The molecule has 0 saturated carbocycles. The highest BCUT2D eigenvalue weighted by Gasteiger charge is 2.35. The summed E-state index contributed by atoms with van der Waals surface area (Å²) in [5, 5.41) is 0.690. The Morgan fingerprint density at radius 1 is 1.26 bits per heavy atom. The minimum Gasteiger partial charge on any atom is -0.299 e. The second-order valence-corrected chi connectivity index (χ2v) is 4.82. The van der Waals surface area contributed by atoms with Crippen LogP contribution in [0.15, 0.2) is 29.3 Å². The molecule has 0 amide bonds. The van der Waals surface area contributed by atoms with Crippen molar-refractivity contribution in [3.8, 4) is 0 Å². The Labute approximate surface area is 111 Å². The Hall–Kier alpha value is -1.63. The molecule has 0 aliphatic rings. The van der Waals surface area contributed by atoms with Crippen LogP contribution in [0.1, 0.15) is 12.7 Å². The molecule has 1 aromatic carbocycles. The fourth-order valence-corrected chi connectivity index (χ4v) is 2.27. The first-order valence-electron chi connectivity index (χ1n) is 5.34. The van der Waals surface area contributed by atoms with Gasteiger partial charge in [0.25, 0.3) is 0 Å². The predicted octanol–water partition coefficient (Wildman–Crippen LogP) is 3.33. The molecule has 2 rings (SSSR count). The Morgan fingerprint density at radius 2 is 1.95 bits per heavy atom. The Balaban J connectivity index is 2.55. The van der Waals surface area contributed by atoms with Crippen molar-refractivity contribution >= 4 is 28.4 Å². The van der Waals surface area contributed by atoms with Gasteiger partial charge in [-0.1, -0.05) is 30.0 Å². The summed E-state index contributed by atoms with van der Waals surface area (Å²) in [6.07, 6.45) is -4.60. The monoisotopic (exact) mass is 286 g/mol. The summed E-state index contributed by atoms with van der Waals surface area (Å²) in [7, 11) is 0. The molecular formula is C12H9F3N2OS. The lowest BCUT2D eigenvalue weighted by molar-refractivity contribution is -0.145. The van der Waals surface area contributed by atoms with Crippen molar-refractivity contribution in [2.45, 2.75) is 18.1 Å². The van der Waals surface area contributed by atoms with Crippen LogP contribution in [0, 0.1) is 0 Å². The van der Waals surface area contributed by atoms with Gasteiger partial charge in [0, 0.05) is 5.39 Å².